The summed E-state index contributed by atoms with van der Waals surface area (Å²) in [4.78, 5) is 12.3. The molecule has 2 aromatic carbocycles. The molecule has 0 saturated heterocycles. The lowest BCUT2D eigenvalue weighted by atomic mass is 10.0. The highest BCUT2D eigenvalue weighted by molar-refractivity contribution is 5.94. The summed E-state index contributed by atoms with van der Waals surface area (Å²) in [5.74, 6) is -0.0836. The van der Waals surface area contributed by atoms with E-state index in [2.05, 4.69) is 29.2 Å². The van der Waals surface area contributed by atoms with Crippen molar-refractivity contribution in [1.82, 2.24) is 5.32 Å². The molecule has 1 unspecified atom stereocenters. The monoisotopic (exact) mass is 348 g/mol. The normalized spacial score (nSPS) is 12.1. The van der Waals surface area contributed by atoms with Gasteiger partial charge in [-0.15, -0.1) is 0 Å². The molecule has 0 bridgehead atoms. The second-order valence-corrected chi connectivity index (χ2v) is 5.98. The summed E-state index contributed by atoms with van der Waals surface area (Å²) < 4.78 is 28.9. The lowest BCUT2D eigenvalue weighted by molar-refractivity contribution is -0.0498. The molecule has 0 aromatic heterocycles. The van der Waals surface area contributed by atoms with Crippen LogP contribution in [0.25, 0.3) is 0 Å². The first-order valence-corrected chi connectivity index (χ1v) is 8.10. The molecule has 0 aliphatic heterocycles. The van der Waals surface area contributed by atoms with Crippen LogP contribution < -0.4 is 15.4 Å². The third kappa shape index (κ3) is 6.06. The Morgan fingerprint density at radius 1 is 1.08 bits per heavy atom. The highest BCUT2D eigenvalue weighted by Crippen LogP contribution is 2.16. The minimum Gasteiger partial charge on any atom is -0.435 e. The molecule has 2 aromatic rings. The van der Waals surface area contributed by atoms with Crippen LogP contribution >= 0.6 is 0 Å². The van der Waals surface area contributed by atoms with E-state index in [9.17, 15) is 13.6 Å². The Bertz CT molecular complexity index is 678. The molecule has 6 heteroatoms. The van der Waals surface area contributed by atoms with Gasteiger partial charge in [-0.2, -0.15) is 8.78 Å². The van der Waals surface area contributed by atoms with Crippen LogP contribution in [0.4, 0.5) is 14.5 Å². The lowest BCUT2D eigenvalue weighted by Crippen LogP contribution is -2.39. The maximum absolute atomic E-state index is 12.3. The van der Waals surface area contributed by atoms with E-state index in [0.717, 1.165) is 5.69 Å². The van der Waals surface area contributed by atoms with Crippen LogP contribution in [0, 0.1) is 5.92 Å². The van der Waals surface area contributed by atoms with Crippen LogP contribution in [0.3, 0.4) is 0 Å². The van der Waals surface area contributed by atoms with Gasteiger partial charge in [-0.3, -0.25) is 4.79 Å². The standard InChI is InChI=1S/C19H22F2N2O2/c1-13(2)17(23-15-8-4-3-5-9-15)12-22-18(24)14-7-6-10-16(11-14)25-19(20)21/h3-11,13,17,19,23H,12H2,1-2H3,(H,22,24). The van der Waals surface area contributed by atoms with Crippen LogP contribution in [-0.2, 0) is 0 Å². The van der Waals surface area contributed by atoms with E-state index in [0.29, 0.717) is 6.54 Å². The van der Waals surface area contributed by atoms with Crippen molar-refractivity contribution >= 4 is 11.6 Å². The summed E-state index contributed by atoms with van der Waals surface area (Å²) in [5, 5.41) is 6.22. The third-order valence-corrected chi connectivity index (χ3v) is 3.73. The summed E-state index contributed by atoms with van der Waals surface area (Å²) in [5.41, 5.74) is 1.25. The van der Waals surface area contributed by atoms with Gasteiger partial charge >= 0.3 is 6.61 Å². The van der Waals surface area contributed by atoms with Gasteiger partial charge in [-0.05, 0) is 36.2 Å². The van der Waals surface area contributed by atoms with E-state index >= 15 is 0 Å². The Balaban J connectivity index is 1.96. The predicted octanol–water partition coefficient (Wildman–Crippen LogP) is 4.15. The number of nitrogens with one attached hydrogen (secondary N) is 2. The second-order valence-electron chi connectivity index (χ2n) is 5.98. The predicted molar refractivity (Wildman–Crippen MR) is 94.1 cm³/mol. The Morgan fingerprint density at radius 3 is 2.44 bits per heavy atom. The van der Waals surface area contributed by atoms with Crippen LogP contribution in [0.15, 0.2) is 54.6 Å². The van der Waals surface area contributed by atoms with Gasteiger partial charge in [0.05, 0.1) is 0 Å². The number of benzene rings is 2. The average molecular weight is 348 g/mol. The molecule has 1 amide bonds. The van der Waals surface area contributed by atoms with Gasteiger partial charge in [0.15, 0.2) is 0 Å². The van der Waals surface area contributed by atoms with E-state index in [1.54, 1.807) is 6.07 Å². The van der Waals surface area contributed by atoms with Crippen molar-refractivity contribution in [1.29, 1.82) is 0 Å². The van der Waals surface area contributed by atoms with Crippen molar-refractivity contribution in [2.24, 2.45) is 5.92 Å². The molecule has 0 saturated carbocycles. The van der Waals surface area contributed by atoms with E-state index < -0.39 is 6.61 Å². The molecular formula is C19H22F2N2O2. The van der Waals surface area contributed by atoms with Crippen LogP contribution in [0.2, 0.25) is 0 Å². The van der Waals surface area contributed by atoms with E-state index in [1.807, 2.05) is 30.3 Å². The third-order valence-electron chi connectivity index (χ3n) is 3.73. The van der Waals surface area contributed by atoms with Crippen molar-refractivity contribution < 1.29 is 18.3 Å². The molecule has 2 N–H and O–H groups in total. The molecule has 4 nitrogen and oxygen atoms in total. The lowest BCUT2D eigenvalue weighted by Gasteiger charge is -2.24. The van der Waals surface area contributed by atoms with Crippen molar-refractivity contribution in [3.63, 3.8) is 0 Å². The molecule has 1 atom stereocenters. The van der Waals surface area contributed by atoms with Gasteiger partial charge in [0, 0.05) is 23.8 Å². The summed E-state index contributed by atoms with van der Waals surface area (Å²) >= 11 is 0. The van der Waals surface area contributed by atoms with Gasteiger partial charge in [-0.1, -0.05) is 38.1 Å². The smallest absolute Gasteiger partial charge is 0.387 e. The number of amides is 1. The number of rotatable bonds is 8. The van der Waals surface area contributed by atoms with Crippen LogP contribution in [0.1, 0.15) is 24.2 Å². The Labute approximate surface area is 146 Å². The SMILES string of the molecule is CC(C)C(CNC(=O)c1cccc(OC(F)F)c1)Nc1ccccc1. The number of hydrogen-bond acceptors (Lipinski definition) is 3. The first kappa shape index (κ1) is 18.7. The largest absolute Gasteiger partial charge is 0.435 e. The Kier molecular flexibility index (Phi) is 6.74. The molecule has 134 valence electrons. The maximum atomic E-state index is 12.3. The van der Waals surface area contributed by atoms with Crippen molar-refractivity contribution in [3.8, 4) is 5.75 Å². The quantitative estimate of drug-likeness (QED) is 0.753. The maximum Gasteiger partial charge on any atom is 0.387 e. The molecule has 0 aliphatic rings. The number of anilines is 1. The number of halogens is 2. The van der Waals surface area contributed by atoms with Crippen molar-refractivity contribution in [2.45, 2.75) is 26.5 Å². The zero-order valence-corrected chi connectivity index (χ0v) is 14.2. The summed E-state index contributed by atoms with van der Waals surface area (Å²) in [6.45, 7) is 1.61. The molecule has 25 heavy (non-hydrogen) atoms. The number of carbonyl (C=O) groups excluding carboxylic acids is 1. The second kappa shape index (κ2) is 9.01. The van der Waals surface area contributed by atoms with E-state index in [4.69, 9.17) is 0 Å². The number of para-hydroxylation sites is 1. The minimum atomic E-state index is -2.92. The average Bonchev–Trinajstić information content (AvgIpc) is 2.58. The molecule has 0 aliphatic carbocycles. The summed E-state index contributed by atoms with van der Waals surface area (Å²) in [6.07, 6.45) is 0. The fourth-order valence-corrected chi connectivity index (χ4v) is 2.32. The number of carbonyl (C=O) groups is 1. The highest BCUT2D eigenvalue weighted by Gasteiger charge is 2.16. The van der Waals surface area contributed by atoms with Gasteiger partial charge in [0.25, 0.3) is 5.91 Å². The zero-order chi connectivity index (χ0) is 18.2. The van der Waals surface area contributed by atoms with Crippen LogP contribution in [0.5, 0.6) is 5.75 Å². The minimum absolute atomic E-state index is 0.0341. The van der Waals surface area contributed by atoms with Gasteiger partial charge < -0.3 is 15.4 Å². The number of ether oxygens (including phenoxy) is 1. The molecular weight excluding hydrogens is 326 g/mol. The highest BCUT2D eigenvalue weighted by atomic mass is 19.3. The fourth-order valence-electron chi connectivity index (χ4n) is 2.32. The van der Waals surface area contributed by atoms with Gasteiger partial charge in [0.1, 0.15) is 5.75 Å². The number of alkyl halides is 2. The molecule has 0 fully saturated rings. The topological polar surface area (TPSA) is 50.4 Å². The molecule has 0 radical (unpaired) electrons. The first-order valence-electron chi connectivity index (χ1n) is 8.10. The van der Waals surface area contributed by atoms with Crippen molar-refractivity contribution in [2.75, 3.05) is 11.9 Å². The van der Waals surface area contributed by atoms with E-state index in [-0.39, 0.29) is 29.2 Å². The van der Waals surface area contributed by atoms with Gasteiger partial charge in [-0.25, -0.2) is 0 Å². The van der Waals surface area contributed by atoms with E-state index in [1.165, 1.54) is 18.2 Å². The van der Waals surface area contributed by atoms with Crippen LogP contribution in [-0.4, -0.2) is 25.1 Å². The van der Waals surface area contributed by atoms with Crippen molar-refractivity contribution in [3.05, 3.63) is 60.2 Å². The first-order chi connectivity index (χ1) is 12.0. The fraction of sp³-hybridized carbons (Fsp3) is 0.316. The summed E-state index contributed by atoms with van der Waals surface area (Å²) in [6, 6.07) is 15.5. The summed E-state index contributed by atoms with van der Waals surface area (Å²) in [7, 11) is 0. The molecule has 0 spiro atoms. The zero-order valence-electron chi connectivity index (χ0n) is 14.2. The number of hydrogen-bond donors (Lipinski definition) is 2. The molecule has 0 heterocycles. The Morgan fingerprint density at radius 2 is 1.80 bits per heavy atom. The Hall–Kier alpha value is -2.63. The molecule has 2 rings (SSSR count). The van der Waals surface area contributed by atoms with Gasteiger partial charge in [0.2, 0.25) is 0 Å².